The van der Waals surface area contributed by atoms with Gasteiger partial charge in [0.25, 0.3) is 5.78 Å². The third-order valence-corrected chi connectivity index (χ3v) is 2.48. The highest BCUT2D eigenvalue weighted by Crippen LogP contribution is 2.31. The van der Waals surface area contributed by atoms with Crippen molar-refractivity contribution in [1.82, 2.24) is 0 Å². The predicted octanol–water partition coefficient (Wildman–Crippen LogP) is 1.10. The molecule has 0 atom stereocenters. The SMILES string of the molecule is CC(=O)c1cccc2c1C(=O)C(=O)N2C(=O)O. The molecule has 0 aliphatic carbocycles. The molecule has 1 N–H and O–H groups in total. The summed E-state index contributed by atoms with van der Waals surface area (Å²) in [6.45, 7) is 1.25. The number of anilines is 1. The first-order valence-electron chi connectivity index (χ1n) is 4.70. The number of Topliss-reactive ketones (excluding diaryl/α,β-unsaturated/α-hetero) is 2. The van der Waals surface area contributed by atoms with Crippen molar-refractivity contribution in [3.8, 4) is 0 Å². The molecule has 1 aromatic rings. The van der Waals surface area contributed by atoms with Crippen LogP contribution in [-0.2, 0) is 4.79 Å². The fourth-order valence-corrected chi connectivity index (χ4v) is 1.77. The standard InChI is InChI=1S/C11H7NO5/c1-5(13)6-3-2-4-7-8(6)9(14)10(15)12(7)11(16)17/h2-4H,1H3,(H,16,17). The summed E-state index contributed by atoms with van der Waals surface area (Å²) in [5.74, 6) is -2.51. The number of carbonyl (C=O) groups excluding carboxylic acids is 3. The van der Waals surface area contributed by atoms with Crippen LogP contribution in [0.2, 0.25) is 0 Å². The lowest BCUT2D eigenvalue weighted by atomic mass is 10.0. The Labute approximate surface area is 95.5 Å². The van der Waals surface area contributed by atoms with Gasteiger partial charge in [-0.25, -0.2) is 9.69 Å². The number of amides is 2. The number of benzene rings is 1. The molecule has 0 saturated carbocycles. The molecule has 17 heavy (non-hydrogen) atoms. The van der Waals surface area contributed by atoms with Crippen LogP contribution >= 0.6 is 0 Å². The third kappa shape index (κ3) is 1.42. The summed E-state index contributed by atoms with van der Waals surface area (Å²) in [5, 5.41) is 8.85. The minimum absolute atomic E-state index is 0.0554. The van der Waals surface area contributed by atoms with E-state index in [9.17, 15) is 19.2 Å². The Kier molecular flexibility index (Phi) is 2.27. The first-order valence-corrected chi connectivity index (χ1v) is 4.70. The Hall–Kier alpha value is -2.50. The second kappa shape index (κ2) is 3.51. The Morgan fingerprint density at radius 1 is 1.24 bits per heavy atom. The van der Waals surface area contributed by atoms with Gasteiger partial charge in [0.05, 0.1) is 11.3 Å². The molecule has 0 fully saturated rings. The van der Waals surface area contributed by atoms with Gasteiger partial charge in [-0.05, 0) is 13.0 Å². The second-order valence-electron chi connectivity index (χ2n) is 3.51. The minimum atomic E-state index is -1.54. The van der Waals surface area contributed by atoms with Crippen LogP contribution in [0.5, 0.6) is 0 Å². The molecule has 6 heteroatoms. The average Bonchev–Trinajstić information content (AvgIpc) is 2.51. The lowest BCUT2D eigenvalue weighted by Crippen LogP contribution is -2.34. The molecule has 2 rings (SSSR count). The van der Waals surface area contributed by atoms with Crippen molar-refractivity contribution in [3.05, 3.63) is 29.3 Å². The van der Waals surface area contributed by atoms with Gasteiger partial charge in [-0.1, -0.05) is 12.1 Å². The number of imide groups is 1. The zero-order valence-corrected chi connectivity index (χ0v) is 8.76. The van der Waals surface area contributed by atoms with Gasteiger partial charge in [0.15, 0.2) is 5.78 Å². The van der Waals surface area contributed by atoms with E-state index in [4.69, 9.17) is 5.11 Å². The van der Waals surface area contributed by atoms with Crippen LogP contribution in [0.1, 0.15) is 27.6 Å². The maximum absolute atomic E-state index is 11.6. The van der Waals surface area contributed by atoms with E-state index in [0.29, 0.717) is 4.90 Å². The van der Waals surface area contributed by atoms with Gasteiger partial charge in [-0.15, -0.1) is 0 Å². The molecular formula is C11H7NO5. The van der Waals surface area contributed by atoms with Gasteiger partial charge in [0, 0.05) is 5.56 Å². The summed E-state index contributed by atoms with van der Waals surface area (Å²) in [5.41, 5.74) is -0.128. The Morgan fingerprint density at radius 2 is 1.88 bits per heavy atom. The Morgan fingerprint density at radius 3 is 2.41 bits per heavy atom. The van der Waals surface area contributed by atoms with Crippen molar-refractivity contribution in [2.24, 2.45) is 0 Å². The summed E-state index contributed by atoms with van der Waals surface area (Å²) in [6.07, 6.45) is -1.54. The molecule has 0 saturated heterocycles. The van der Waals surface area contributed by atoms with Gasteiger partial charge < -0.3 is 5.11 Å². The highest BCUT2D eigenvalue weighted by atomic mass is 16.4. The summed E-state index contributed by atoms with van der Waals surface area (Å²) < 4.78 is 0. The van der Waals surface area contributed by atoms with Crippen LogP contribution in [0.25, 0.3) is 0 Å². The smallest absolute Gasteiger partial charge is 0.419 e. The van der Waals surface area contributed by atoms with Gasteiger partial charge >= 0.3 is 12.0 Å². The van der Waals surface area contributed by atoms with Crippen molar-refractivity contribution in [3.63, 3.8) is 0 Å². The number of rotatable bonds is 1. The first kappa shape index (κ1) is 11.0. The first-order chi connectivity index (χ1) is 7.95. The molecule has 1 heterocycles. The van der Waals surface area contributed by atoms with Gasteiger partial charge in [0.2, 0.25) is 0 Å². The van der Waals surface area contributed by atoms with E-state index in [1.807, 2.05) is 0 Å². The number of fused-ring (bicyclic) bond motifs is 1. The van der Waals surface area contributed by atoms with Crippen LogP contribution in [0, 0.1) is 0 Å². The molecule has 1 aliphatic heterocycles. The summed E-state index contributed by atoms with van der Waals surface area (Å²) in [7, 11) is 0. The molecule has 6 nitrogen and oxygen atoms in total. The molecule has 1 aromatic carbocycles. The molecule has 0 unspecified atom stereocenters. The van der Waals surface area contributed by atoms with E-state index in [1.54, 1.807) is 0 Å². The zero-order valence-electron chi connectivity index (χ0n) is 8.76. The molecule has 0 spiro atoms. The summed E-state index contributed by atoms with van der Waals surface area (Å²) >= 11 is 0. The van der Waals surface area contributed by atoms with Crippen LogP contribution in [0.4, 0.5) is 10.5 Å². The van der Waals surface area contributed by atoms with E-state index in [0.717, 1.165) is 0 Å². The molecule has 86 valence electrons. The maximum Gasteiger partial charge on any atom is 0.419 e. The molecular weight excluding hydrogens is 226 g/mol. The molecule has 0 aromatic heterocycles. The van der Waals surface area contributed by atoms with E-state index in [-0.39, 0.29) is 16.8 Å². The lowest BCUT2D eigenvalue weighted by Gasteiger charge is -2.09. The second-order valence-corrected chi connectivity index (χ2v) is 3.51. The normalized spacial score (nSPS) is 13.8. The summed E-state index contributed by atoms with van der Waals surface area (Å²) in [4.78, 5) is 45.6. The van der Waals surface area contributed by atoms with E-state index in [2.05, 4.69) is 0 Å². The maximum atomic E-state index is 11.6. The number of hydrogen-bond acceptors (Lipinski definition) is 4. The van der Waals surface area contributed by atoms with E-state index < -0.39 is 23.6 Å². The van der Waals surface area contributed by atoms with Crippen molar-refractivity contribution in [1.29, 1.82) is 0 Å². The van der Waals surface area contributed by atoms with Crippen molar-refractivity contribution < 1.29 is 24.3 Å². The molecule has 1 aliphatic rings. The molecule has 2 amide bonds. The summed E-state index contributed by atoms with van der Waals surface area (Å²) in [6, 6.07) is 4.13. The van der Waals surface area contributed by atoms with Crippen molar-refractivity contribution >= 4 is 29.3 Å². The lowest BCUT2D eigenvalue weighted by molar-refractivity contribution is -0.113. The van der Waals surface area contributed by atoms with Crippen molar-refractivity contribution in [2.45, 2.75) is 6.92 Å². The molecule has 0 radical (unpaired) electrons. The van der Waals surface area contributed by atoms with Crippen LogP contribution < -0.4 is 4.90 Å². The zero-order chi connectivity index (χ0) is 12.7. The number of carboxylic acid groups (broad SMARTS) is 1. The van der Waals surface area contributed by atoms with Crippen molar-refractivity contribution in [2.75, 3.05) is 4.90 Å². The number of nitrogens with zero attached hydrogens (tertiary/aromatic N) is 1. The van der Waals surface area contributed by atoms with Gasteiger partial charge in [-0.3, -0.25) is 14.4 Å². The topological polar surface area (TPSA) is 91.8 Å². The minimum Gasteiger partial charge on any atom is -0.464 e. The van der Waals surface area contributed by atoms with E-state index >= 15 is 0 Å². The van der Waals surface area contributed by atoms with E-state index in [1.165, 1.54) is 25.1 Å². The van der Waals surface area contributed by atoms with Gasteiger partial charge in [-0.2, -0.15) is 0 Å². The Balaban J connectivity index is 2.74. The fraction of sp³-hybridized carbons (Fsp3) is 0.0909. The third-order valence-electron chi connectivity index (χ3n) is 2.48. The Bertz CT molecular complexity index is 575. The average molecular weight is 233 g/mol. The van der Waals surface area contributed by atoms with Gasteiger partial charge in [0.1, 0.15) is 0 Å². The quantitative estimate of drug-likeness (QED) is 0.579. The number of carbonyl (C=O) groups is 4. The predicted molar refractivity (Wildman–Crippen MR) is 56.3 cm³/mol. The monoisotopic (exact) mass is 233 g/mol. The molecule has 0 bridgehead atoms. The fourth-order valence-electron chi connectivity index (χ4n) is 1.77. The highest BCUT2D eigenvalue weighted by molar-refractivity contribution is 6.56. The van der Waals surface area contributed by atoms with Crippen LogP contribution in [-0.4, -0.2) is 28.7 Å². The number of hydrogen-bond donors (Lipinski definition) is 1. The van der Waals surface area contributed by atoms with Crippen LogP contribution in [0.3, 0.4) is 0 Å². The number of ketones is 2. The van der Waals surface area contributed by atoms with Crippen LogP contribution in [0.15, 0.2) is 18.2 Å². The highest BCUT2D eigenvalue weighted by Gasteiger charge is 2.41. The largest absolute Gasteiger partial charge is 0.464 e.